The topological polar surface area (TPSA) is 128 Å². The second kappa shape index (κ2) is 11.7. The molecule has 3 aromatic rings. The normalized spacial score (nSPS) is 13.2. The molecule has 3 rings (SSSR count). The molecular formula is C24H27N3O6S. The number of Topliss-reactive ketones (excluding diaryl/α,β-unsaturated/α-hetero) is 1. The SMILES string of the molecule is CCOC(=O)[C@@H](C[C@H](CC(=O)c1cn[nH]n1)Cc1ccc(-c2ccccc2)cc1)OS(C)(=O)=O. The molecule has 0 aliphatic rings. The number of nitrogens with one attached hydrogen (secondary N) is 1. The molecule has 0 amide bonds. The van der Waals surface area contributed by atoms with Crippen molar-refractivity contribution in [2.24, 2.45) is 5.92 Å². The molecule has 0 spiro atoms. The Morgan fingerprint density at radius 3 is 2.29 bits per heavy atom. The van der Waals surface area contributed by atoms with E-state index in [0.29, 0.717) is 6.42 Å². The van der Waals surface area contributed by atoms with Crippen LogP contribution in [-0.2, 0) is 30.3 Å². The lowest BCUT2D eigenvalue weighted by Gasteiger charge is -2.21. The molecule has 0 saturated heterocycles. The molecule has 0 aliphatic carbocycles. The average Bonchev–Trinajstić information content (AvgIpc) is 3.34. The summed E-state index contributed by atoms with van der Waals surface area (Å²) in [7, 11) is -3.93. The van der Waals surface area contributed by atoms with Gasteiger partial charge in [0.05, 0.1) is 19.1 Å². The molecule has 0 saturated carbocycles. The second-order valence-corrected chi connectivity index (χ2v) is 9.49. The maximum atomic E-state index is 12.7. The molecule has 0 fully saturated rings. The van der Waals surface area contributed by atoms with Gasteiger partial charge in [-0.05, 0) is 42.4 Å². The van der Waals surface area contributed by atoms with Crippen molar-refractivity contribution in [3.8, 4) is 11.1 Å². The van der Waals surface area contributed by atoms with Crippen LogP contribution in [0.15, 0.2) is 60.8 Å². The molecule has 1 N–H and O–H groups in total. The number of esters is 1. The Balaban J connectivity index is 1.82. The van der Waals surface area contributed by atoms with Crippen LogP contribution in [0, 0.1) is 5.92 Å². The second-order valence-electron chi connectivity index (χ2n) is 7.89. The lowest BCUT2D eigenvalue weighted by Crippen LogP contribution is -2.32. The predicted molar refractivity (Wildman–Crippen MR) is 125 cm³/mol. The van der Waals surface area contributed by atoms with Crippen LogP contribution in [0.2, 0.25) is 0 Å². The fourth-order valence-corrected chi connectivity index (χ4v) is 4.24. The van der Waals surface area contributed by atoms with Gasteiger partial charge in [0.2, 0.25) is 0 Å². The first kappa shape index (κ1) is 25.3. The summed E-state index contributed by atoms with van der Waals surface area (Å²) < 4.78 is 33.5. The van der Waals surface area contributed by atoms with Crippen LogP contribution in [0.3, 0.4) is 0 Å². The zero-order valence-electron chi connectivity index (χ0n) is 19.0. The van der Waals surface area contributed by atoms with E-state index in [0.717, 1.165) is 22.9 Å². The molecule has 0 unspecified atom stereocenters. The average molecular weight is 486 g/mol. The zero-order chi connectivity index (χ0) is 24.6. The summed E-state index contributed by atoms with van der Waals surface area (Å²) >= 11 is 0. The highest BCUT2D eigenvalue weighted by Gasteiger charge is 2.30. The molecule has 2 aromatic carbocycles. The summed E-state index contributed by atoms with van der Waals surface area (Å²) in [4.78, 5) is 25.1. The number of nitrogens with zero attached hydrogens (tertiary/aromatic N) is 2. The third-order valence-corrected chi connectivity index (χ3v) is 5.73. The van der Waals surface area contributed by atoms with Gasteiger partial charge in [0.25, 0.3) is 10.1 Å². The van der Waals surface area contributed by atoms with Crippen molar-refractivity contribution in [3.63, 3.8) is 0 Å². The number of aromatic nitrogens is 3. The fourth-order valence-electron chi connectivity index (χ4n) is 3.66. The number of hydrogen-bond donors (Lipinski definition) is 1. The number of rotatable bonds is 12. The van der Waals surface area contributed by atoms with E-state index >= 15 is 0 Å². The first-order valence-corrected chi connectivity index (χ1v) is 12.6. The molecule has 180 valence electrons. The van der Waals surface area contributed by atoms with Gasteiger partial charge in [0.15, 0.2) is 11.9 Å². The summed E-state index contributed by atoms with van der Waals surface area (Å²) in [6.45, 7) is 1.70. The Hall–Kier alpha value is -3.37. The van der Waals surface area contributed by atoms with Crippen molar-refractivity contribution in [3.05, 3.63) is 72.1 Å². The lowest BCUT2D eigenvalue weighted by atomic mass is 9.88. The molecule has 1 heterocycles. The van der Waals surface area contributed by atoms with Crippen LogP contribution in [0.25, 0.3) is 11.1 Å². The summed E-state index contributed by atoms with van der Waals surface area (Å²) in [5, 5.41) is 9.88. The Kier molecular flexibility index (Phi) is 8.67. The predicted octanol–water partition coefficient (Wildman–Crippen LogP) is 3.20. The minimum Gasteiger partial charge on any atom is -0.464 e. The summed E-state index contributed by atoms with van der Waals surface area (Å²) in [6, 6.07) is 17.8. The molecule has 9 nitrogen and oxygen atoms in total. The van der Waals surface area contributed by atoms with Gasteiger partial charge in [-0.3, -0.25) is 8.98 Å². The van der Waals surface area contributed by atoms with Gasteiger partial charge in [0.1, 0.15) is 5.69 Å². The molecule has 0 aliphatic heterocycles. The van der Waals surface area contributed by atoms with Gasteiger partial charge in [-0.1, -0.05) is 54.6 Å². The summed E-state index contributed by atoms with van der Waals surface area (Å²) in [5.74, 6) is -1.48. The van der Waals surface area contributed by atoms with Gasteiger partial charge in [-0.25, -0.2) is 4.79 Å². The van der Waals surface area contributed by atoms with Gasteiger partial charge >= 0.3 is 5.97 Å². The number of H-pyrrole nitrogens is 1. The minimum atomic E-state index is -3.93. The van der Waals surface area contributed by atoms with Crippen LogP contribution < -0.4 is 0 Å². The van der Waals surface area contributed by atoms with E-state index < -0.39 is 28.1 Å². The highest BCUT2D eigenvalue weighted by molar-refractivity contribution is 7.86. The van der Waals surface area contributed by atoms with Crippen molar-refractivity contribution in [1.82, 2.24) is 15.4 Å². The van der Waals surface area contributed by atoms with Gasteiger partial charge in [-0.2, -0.15) is 23.8 Å². The number of carbonyl (C=O) groups is 2. The molecule has 0 bridgehead atoms. The largest absolute Gasteiger partial charge is 0.464 e. The first-order chi connectivity index (χ1) is 16.2. The smallest absolute Gasteiger partial charge is 0.336 e. The standard InChI is InChI=1S/C24H27N3O6S/c1-3-32-24(29)23(33-34(2,30)31)15-18(14-22(28)21-16-25-27-26-21)13-17-9-11-20(12-10-17)19-7-5-4-6-8-19/h4-12,16,18,23H,3,13-15H2,1-2H3,(H,25,26,27)/t18-,23+/m0/s1. The van der Waals surface area contributed by atoms with E-state index in [-0.39, 0.29) is 30.9 Å². The maximum absolute atomic E-state index is 12.7. The van der Waals surface area contributed by atoms with Crippen molar-refractivity contribution in [1.29, 1.82) is 0 Å². The summed E-state index contributed by atoms with van der Waals surface area (Å²) in [5.41, 5.74) is 3.22. The van der Waals surface area contributed by atoms with Crippen molar-refractivity contribution < 1.29 is 26.9 Å². The summed E-state index contributed by atoms with van der Waals surface area (Å²) in [6.07, 6.45) is 1.27. The molecule has 34 heavy (non-hydrogen) atoms. The number of ether oxygens (including phenoxy) is 1. The van der Waals surface area contributed by atoms with Crippen LogP contribution in [-0.4, -0.2) is 54.5 Å². The van der Waals surface area contributed by atoms with Gasteiger partial charge < -0.3 is 4.74 Å². The van der Waals surface area contributed by atoms with E-state index in [1.165, 1.54) is 6.20 Å². The first-order valence-electron chi connectivity index (χ1n) is 10.8. The minimum absolute atomic E-state index is 0.0179. The molecule has 2 atom stereocenters. The fraction of sp³-hybridized carbons (Fsp3) is 0.333. The Morgan fingerprint density at radius 2 is 1.71 bits per heavy atom. The number of carbonyl (C=O) groups excluding carboxylic acids is 2. The van der Waals surface area contributed by atoms with Crippen LogP contribution in [0.5, 0.6) is 0 Å². The Morgan fingerprint density at radius 1 is 1.03 bits per heavy atom. The molecule has 0 radical (unpaired) electrons. The molecular weight excluding hydrogens is 458 g/mol. The molecule has 1 aromatic heterocycles. The third-order valence-electron chi connectivity index (χ3n) is 5.15. The Labute approximate surface area is 198 Å². The van der Waals surface area contributed by atoms with Gasteiger partial charge in [0, 0.05) is 6.42 Å². The monoisotopic (exact) mass is 485 g/mol. The van der Waals surface area contributed by atoms with E-state index in [9.17, 15) is 18.0 Å². The third kappa shape index (κ3) is 7.60. The number of aromatic amines is 1. The highest BCUT2D eigenvalue weighted by Crippen LogP contribution is 2.25. The van der Waals surface area contributed by atoms with Crippen molar-refractivity contribution in [2.45, 2.75) is 32.3 Å². The van der Waals surface area contributed by atoms with Gasteiger partial charge in [-0.15, -0.1) is 0 Å². The maximum Gasteiger partial charge on any atom is 0.336 e. The lowest BCUT2D eigenvalue weighted by molar-refractivity contribution is -0.152. The van der Waals surface area contributed by atoms with Crippen molar-refractivity contribution >= 4 is 21.9 Å². The zero-order valence-corrected chi connectivity index (χ0v) is 19.8. The van der Waals surface area contributed by atoms with E-state index in [1.807, 2.05) is 54.6 Å². The van der Waals surface area contributed by atoms with Crippen LogP contribution in [0.1, 0.15) is 35.8 Å². The number of hydrogen-bond acceptors (Lipinski definition) is 8. The van der Waals surface area contributed by atoms with E-state index in [1.54, 1.807) is 6.92 Å². The molecule has 10 heteroatoms. The highest BCUT2D eigenvalue weighted by atomic mass is 32.2. The quantitative estimate of drug-likeness (QED) is 0.235. The van der Waals surface area contributed by atoms with Crippen LogP contribution in [0.4, 0.5) is 0 Å². The Bertz CT molecular complexity index is 1180. The van der Waals surface area contributed by atoms with Crippen molar-refractivity contribution in [2.75, 3.05) is 12.9 Å². The van der Waals surface area contributed by atoms with E-state index in [4.69, 9.17) is 8.92 Å². The van der Waals surface area contributed by atoms with Crippen LogP contribution >= 0.6 is 0 Å². The number of benzene rings is 2. The van der Waals surface area contributed by atoms with E-state index in [2.05, 4.69) is 15.4 Å². The number of ketones is 1.